The zero-order valence-corrected chi connectivity index (χ0v) is 11.7. The number of aliphatic hydroxyl groups excluding tert-OH is 1. The fraction of sp³-hybridized carbons (Fsp3) is 0.812. The molecule has 2 N–H and O–H groups in total. The number of rotatable bonds is 4. The lowest BCUT2D eigenvalue weighted by atomic mass is 9.43. The standard InChI is InChI=1S/C16H24O3/c1-11(14(18)19)2-3-15-5-12-4-13(6-15)8-16(7-12,9-15)10-17/h2,12-13,17H,3-10H2,1H3,(H,18,19). The summed E-state index contributed by atoms with van der Waals surface area (Å²) in [5.41, 5.74) is 0.910. The molecule has 4 saturated carbocycles. The van der Waals surface area contributed by atoms with Gasteiger partial charge in [0.25, 0.3) is 0 Å². The van der Waals surface area contributed by atoms with Crippen LogP contribution < -0.4 is 0 Å². The van der Waals surface area contributed by atoms with E-state index >= 15 is 0 Å². The van der Waals surface area contributed by atoms with Gasteiger partial charge >= 0.3 is 5.97 Å². The van der Waals surface area contributed by atoms with Gasteiger partial charge in [0.1, 0.15) is 0 Å². The molecule has 0 amide bonds. The predicted octanol–water partition coefficient (Wildman–Crippen LogP) is 2.99. The average Bonchev–Trinajstić information content (AvgIpc) is 2.34. The maximum absolute atomic E-state index is 10.9. The molecular formula is C16H24O3. The number of hydrogen-bond acceptors (Lipinski definition) is 2. The summed E-state index contributed by atoms with van der Waals surface area (Å²) >= 11 is 0. The van der Waals surface area contributed by atoms with Gasteiger partial charge in [-0.25, -0.2) is 4.79 Å². The van der Waals surface area contributed by atoms with Gasteiger partial charge in [-0.15, -0.1) is 0 Å². The van der Waals surface area contributed by atoms with Crippen molar-refractivity contribution >= 4 is 5.97 Å². The predicted molar refractivity (Wildman–Crippen MR) is 72.6 cm³/mol. The molecule has 3 heteroatoms. The Kier molecular flexibility index (Phi) is 3.01. The Hall–Kier alpha value is -0.830. The highest BCUT2D eigenvalue weighted by molar-refractivity contribution is 5.85. The van der Waals surface area contributed by atoms with Crippen molar-refractivity contribution < 1.29 is 15.0 Å². The van der Waals surface area contributed by atoms with Crippen molar-refractivity contribution in [3.8, 4) is 0 Å². The van der Waals surface area contributed by atoms with Gasteiger partial charge in [0.2, 0.25) is 0 Å². The topological polar surface area (TPSA) is 57.5 Å². The van der Waals surface area contributed by atoms with Gasteiger partial charge < -0.3 is 10.2 Å². The van der Waals surface area contributed by atoms with Crippen molar-refractivity contribution in [3.63, 3.8) is 0 Å². The molecule has 4 fully saturated rings. The van der Waals surface area contributed by atoms with E-state index in [1.165, 1.54) is 32.1 Å². The van der Waals surface area contributed by atoms with E-state index in [0.717, 1.165) is 24.7 Å². The summed E-state index contributed by atoms with van der Waals surface area (Å²) in [6, 6.07) is 0. The maximum Gasteiger partial charge on any atom is 0.330 e. The first-order chi connectivity index (χ1) is 8.96. The Labute approximate surface area is 114 Å². The third-order valence-electron chi connectivity index (χ3n) is 5.82. The van der Waals surface area contributed by atoms with Crippen LogP contribution in [0.25, 0.3) is 0 Å². The minimum Gasteiger partial charge on any atom is -0.478 e. The van der Waals surface area contributed by atoms with Gasteiger partial charge in [0.05, 0.1) is 0 Å². The minimum atomic E-state index is -0.804. The highest BCUT2D eigenvalue weighted by Gasteiger charge is 2.56. The number of carbonyl (C=O) groups is 1. The fourth-order valence-corrected chi connectivity index (χ4v) is 5.53. The van der Waals surface area contributed by atoms with Crippen LogP contribution in [0.2, 0.25) is 0 Å². The summed E-state index contributed by atoms with van der Waals surface area (Å²) in [5, 5.41) is 18.8. The van der Waals surface area contributed by atoms with Crippen LogP contribution >= 0.6 is 0 Å². The summed E-state index contributed by atoms with van der Waals surface area (Å²) in [7, 11) is 0. The van der Waals surface area contributed by atoms with Crippen LogP contribution in [0.3, 0.4) is 0 Å². The van der Waals surface area contributed by atoms with E-state index in [4.69, 9.17) is 5.11 Å². The van der Waals surface area contributed by atoms with Crippen molar-refractivity contribution in [1.82, 2.24) is 0 Å². The molecule has 0 spiro atoms. The summed E-state index contributed by atoms with van der Waals surface area (Å²) in [6.45, 7) is 2.01. The second-order valence-electron chi connectivity index (χ2n) is 7.52. The molecule has 106 valence electrons. The third-order valence-corrected chi connectivity index (χ3v) is 5.82. The van der Waals surface area contributed by atoms with Crippen LogP contribution in [0, 0.1) is 22.7 Å². The van der Waals surface area contributed by atoms with Gasteiger partial charge in [0.15, 0.2) is 0 Å². The molecule has 0 aromatic rings. The van der Waals surface area contributed by atoms with E-state index in [-0.39, 0.29) is 10.8 Å². The fourth-order valence-electron chi connectivity index (χ4n) is 5.53. The Bertz CT molecular complexity index is 410. The van der Waals surface area contributed by atoms with Crippen LogP contribution in [-0.2, 0) is 4.79 Å². The van der Waals surface area contributed by atoms with E-state index in [0.29, 0.717) is 12.2 Å². The van der Waals surface area contributed by atoms with E-state index in [2.05, 4.69) is 0 Å². The average molecular weight is 264 g/mol. The van der Waals surface area contributed by atoms with Crippen LogP contribution in [0.1, 0.15) is 51.9 Å². The molecule has 4 bridgehead atoms. The Balaban J connectivity index is 1.81. The van der Waals surface area contributed by atoms with Gasteiger partial charge in [-0.05, 0) is 74.5 Å². The summed E-state index contributed by atoms with van der Waals surface area (Å²) in [5.74, 6) is 0.737. The first-order valence-corrected chi connectivity index (χ1v) is 7.47. The molecule has 0 aromatic carbocycles. The molecular weight excluding hydrogens is 240 g/mol. The summed E-state index contributed by atoms with van der Waals surface area (Å²) in [4.78, 5) is 10.9. The second-order valence-corrected chi connectivity index (χ2v) is 7.52. The third kappa shape index (κ3) is 2.22. The largest absolute Gasteiger partial charge is 0.478 e. The zero-order valence-electron chi connectivity index (χ0n) is 11.7. The lowest BCUT2D eigenvalue weighted by Crippen LogP contribution is -2.53. The Morgan fingerprint density at radius 3 is 2.32 bits per heavy atom. The van der Waals surface area contributed by atoms with E-state index in [1.54, 1.807) is 6.92 Å². The van der Waals surface area contributed by atoms with Crippen LogP contribution in [-0.4, -0.2) is 22.8 Å². The molecule has 2 atom stereocenters. The lowest BCUT2D eigenvalue weighted by molar-refractivity contribution is -0.133. The van der Waals surface area contributed by atoms with Gasteiger partial charge in [0, 0.05) is 12.2 Å². The number of allylic oxidation sites excluding steroid dienone is 1. The second kappa shape index (κ2) is 4.34. The molecule has 0 radical (unpaired) electrons. The minimum absolute atomic E-state index is 0.162. The SMILES string of the molecule is CC(=CCC12CC3CC(CC(CO)(C3)C1)C2)C(=O)O. The molecule has 0 aliphatic heterocycles. The van der Waals surface area contributed by atoms with E-state index < -0.39 is 5.97 Å². The molecule has 3 nitrogen and oxygen atoms in total. The lowest BCUT2D eigenvalue weighted by Gasteiger charge is -2.62. The molecule has 0 heterocycles. The van der Waals surface area contributed by atoms with Crippen LogP contribution in [0.15, 0.2) is 11.6 Å². The molecule has 4 aliphatic carbocycles. The van der Waals surface area contributed by atoms with Gasteiger partial charge in [-0.1, -0.05) is 6.08 Å². The number of carboxylic acid groups (broad SMARTS) is 1. The Morgan fingerprint density at radius 2 is 1.79 bits per heavy atom. The van der Waals surface area contributed by atoms with Crippen molar-refractivity contribution in [3.05, 3.63) is 11.6 Å². The molecule has 0 saturated heterocycles. The van der Waals surface area contributed by atoms with Gasteiger partial charge in [-0.3, -0.25) is 0 Å². The van der Waals surface area contributed by atoms with E-state index in [9.17, 15) is 9.90 Å². The van der Waals surface area contributed by atoms with E-state index in [1.807, 2.05) is 6.08 Å². The molecule has 2 unspecified atom stereocenters. The normalized spacial score (nSPS) is 44.6. The highest BCUT2D eigenvalue weighted by Crippen LogP contribution is 2.66. The number of carboxylic acids is 1. The Morgan fingerprint density at radius 1 is 1.21 bits per heavy atom. The van der Waals surface area contributed by atoms with Crippen molar-refractivity contribution in [2.75, 3.05) is 6.61 Å². The van der Waals surface area contributed by atoms with Crippen LogP contribution in [0.5, 0.6) is 0 Å². The van der Waals surface area contributed by atoms with Gasteiger partial charge in [-0.2, -0.15) is 0 Å². The molecule has 19 heavy (non-hydrogen) atoms. The highest BCUT2D eigenvalue weighted by atomic mass is 16.4. The van der Waals surface area contributed by atoms with Crippen molar-refractivity contribution in [2.24, 2.45) is 22.7 Å². The number of hydrogen-bond donors (Lipinski definition) is 2. The first kappa shape index (κ1) is 13.2. The molecule has 4 aliphatic rings. The molecule has 4 rings (SSSR count). The van der Waals surface area contributed by atoms with Crippen molar-refractivity contribution in [1.29, 1.82) is 0 Å². The number of aliphatic carboxylic acids is 1. The summed E-state index contributed by atoms with van der Waals surface area (Å²) < 4.78 is 0. The molecule has 0 aromatic heterocycles. The quantitative estimate of drug-likeness (QED) is 0.767. The first-order valence-electron chi connectivity index (χ1n) is 7.47. The maximum atomic E-state index is 10.9. The monoisotopic (exact) mass is 264 g/mol. The zero-order chi connectivity index (χ0) is 13.7. The number of aliphatic hydroxyl groups is 1. The smallest absolute Gasteiger partial charge is 0.330 e. The van der Waals surface area contributed by atoms with Crippen molar-refractivity contribution in [2.45, 2.75) is 51.9 Å². The van der Waals surface area contributed by atoms with Crippen LogP contribution in [0.4, 0.5) is 0 Å². The summed E-state index contributed by atoms with van der Waals surface area (Å²) in [6.07, 6.45) is 10.1.